The van der Waals surface area contributed by atoms with E-state index in [0.29, 0.717) is 5.88 Å². The van der Waals surface area contributed by atoms with Gasteiger partial charge in [0, 0.05) is 10.8 Å². The Labute approximate surface area is 73.5 Å². The molecule has 0 amide bonds. The third-order valence-corrected chi connectivity index (χ3v) is 1.75. The maximum atomic E-state index is 10.3. The van der Waals surface area contributed by atoms with Crippen LogP contribution >= 0.6 is 11.6 Å². The van der Waals surface area contributed by atoms with Crippen molar-refractivity contribution in [2.45, 2.75) is 0 Å². The van der Waals surface area contributed by atoms with E-state index < -0.39 is 11.1 Å². The van der Waals surface area contributed by atoms with Gasteiger partial charge in [-0.1, -0.05) is 24.8 Å². The van der Waals surface area contributed by atoms with Crippen molar-refractivity contribution in [1.82, 2.24) is 0 Å². The monoisotopic (exact) mass is 191 g/mol. The number of halogens is 1. The van der Waals surface area contributed by atoms with E-state index in [2.05, 4.69) is 6.58 Å². The smallest absolute Gasteiger partial charge is 0.0407 e. The van der Waals surface area contributed by atoms with Crippen molar-refractivity contribution >= 4 is 22.7 Å². The molecular weight excluding hydrogens is 184 g/mol. The Morgan fingerprint density at radius 1 is 1.73 bits per heavy atom. The average molecular weight is 192 g/mol. The van der Waals surface area contributed by atoms with Gasteiger partial charge in [-0.2, -0.15) is 0 Å². The van der Waals surface area contributed by atoms with Crippen molar-refractivity contribution in [2.75, 3.05) is 5.88 Å². The van der Waals surface area contributed by atoms with Crippen LogP contribution in [0.15, 0.2) is 35.8 Å². The van der Waals surface area contributed by atoms with Gasteiger partial charge in [0.25, 0.3) is 0 Å². The predicted octanol–water partition coefficient (Wildman–Crippen LogP) is 1.73. The molecule has 0 saturated carbocycles. The van der Waals surface area contributed by atoms with Gasteiger partial charge in [-0.15, -0.1) is 11.6 Å². The summed E-state index contributed by atoms with van der Waals surface area (Å²) in [6.07, 6.45) is 5.90. The average Bonchev–Trinajstić information content (AvgIpc) is 1.97. The molecule has 0 heterocycles. The molecule has 0 aromatic rings. The van der Waals surface area contributed by atoms with Crippen LogP contribution in [0.25, 0.3) is 0 Å². The van der Waals surface area contributed by atoms with Crippen molar-refractivity contribution in [3.8, 4) is 0 Å². The van der Waals surface area contributed by atoms with Crippen LogP contribution in [0.5, 0.6) is 0 Å². The van der Waals surface area contributed by atoms with Gasteiger partial charge in [-0.25, -0.2) is 0 Å². The van der Waals surface area contributed by atoms with E-state index in [1.807, 2.05) is 0 Å². The molecule has 4 heteroatoms. The zero-order valence-electron chi connectivity index (χ0n) is 5.83. The highest BCUT2D eigenvalue weighted by molar-refractivity contribution is 7.83. The van der Waals surface area contributed by atoms with Crippen LogP contribution in [0, 0.1) is 0 Å². The molecule has 0 aromatic carbocycles. The summed E-state index contributed by atoms with van der Waals surface area (Å²) >= 11 is 3.10. The quantitative estimate of drug-likeness (QED) is 0.386. The first-order chi connectivity index (χ1) is 5.22. The van der Waals surface area contributed by atoms with Crippen molar-refractivity contribution in [3.05, 3.63) is 35.8 Å². The third kappa shape index (κ3) is 4.95. The largest absolute Gasteiger partial charge is 0.768 e. The Morgan fingerprint density at radius 2 is 2.36 bits per heavy atom. The highest BCUT2D eigenvalue weighted by Gasteiger charge is 1.85. The van der Waals surface area contributed by atoms with E-state index in [4.69, 9.17) is 11.6 Å². The van der Waals surface area contributed by atoms with E-state index in [9.17, 15) is 8.76 Å². The van der Waals surface area contributed by atoms with Crippen molar-refractivity contribution in [2.24, 2.45) is 0 Å². The molecule has 0 rings (SSSR count). The van der Waals surface area contributed by atoms with Gasteiger partial charge in [0.2, 0.25) is 0 Å². The van der Waals surface area contributed by atoms with E-state index in [1.54, 1.807) is 12.2 Å². The summed E-state index contributed by atoms with van der Waals surface area (Å²) in [6, 6.07) is 0. The van der Waals surface area contributed by atoms with Crippen molar-refractivity contribution in [1.29, 1.82) is 0 Å². The predicted molar refractivity (Wildman–Crippen MR) is 47.1 cm³/mol. The maximum absolute atomic E-state index is 10.3. The standard InChI is InChI=1S/C7H9ClO2S/c1-2-7(11(9)10)5-3-4-6-8/h2-5H,1,6H2,(H,9,10)/p-1/b4-3-,7-5+. The van der Waals surface area contributed by atoms with Crippen LogP contribution in [0.2, 0.25) is 0 Å². The SMILES string of the molecule is C=C/C(=C\C=C/CCl)S(=O)[O-]. The molecule has 0 bridgehead atoms. The summed E-state index contributed by atoms with van der Waals surface area (Å²) in [5, 5.41) is 0. The van der Waals surface area contributed by atoms with Crippen LogP contribution in [-0.2, 0) is 11.1 Å². The second-order valence-electron chi connectivity index (χ2n) is 1.59. The Balaban J connectivity index is 4.24. The molecule has 0 aliphatic heterocycles. The number of alkyl halides is 1. The topological polar surface area (TPSA) is 40.1 Å². The zero-order valence-corrected chi connectivity index (χ0v) is 7.40. The fourth-order valence-electron chi connectivity index (χ4n) is 0.406. The first-order valence-electron chi connectivity index (χ1n) is 2.87. The number of hydrogen-bond donors (Lipinski definition) is 0. The number of rotatable bonds is 4. The van der Waals surface area contributed by atoms with Crippen LogP contribution in [0.3, 0.4) is 0 Å². The van der Waals surface area contributed by atoms with Gasteiger partial charge in [0.05, 0.1) is 0 Å². The molecule has 0 N–H and O–H groups in total. The molecule has 0 radical (unpaired) electrons. The molecule has 0 fully saturated rings. The molecular formula is C7H8ClO2S-. The molecule has 62 valence electrons. The van der Waals surface area contributed by atoms with Gasteiger partial charge in [-0.3, -0.25) is 4.21 Å². The molecule has 1 atom stereocenters. The van der Waals surface area contributed by atoms with Gasteiger partial charge in [0.1, 0.15) is 0 Å². The zero-order chi connectivity index (χ0) is 8.69. The first kappa shape index (κ1) is 10.6. The lowest BCUT2D eigenvalue weighted by atomic mass is 10.4. The third-order valence-electron chi connectivity index (χ3n) is 0.879. The lowest BCUT2D eigenvalue weighted by Gasteiger charge is -2.02. The molecule has 0 spiro atoms. The van der Waals surface area contributed by atoms with Gasteiger partial charge >= 0.3 is 0 Å². The van der Waals surface area contributed by atoms with E-state index >= 15 is 0 Å². The molecule has 1 unspecified atom stereocenters. The van der Waals surface area contributed by atoms with Crippen LogP contribution in [0.1, 0.15) is 0 Å². The highest BCUT2D eigenvalue weighted by Crippen LogP contribution is 1.99. The minimum atomic E-state index is -2.21. The first-order valence-corrected chi connectivity index (χ1v) is 4.47. The van der Waals surface area contributed by atoms with E-state index in [1.165, 1.54) is 12.2 Å². The lowest BCUT2D eigenvalue weighted by Crippen LogP contribution is -1.87. The van der Waals surface area contributed by atoms with Crippen LogP contribution in [-0.4, -0.2) is 14.6 Å². The maximum Gasteiger partial charge on any atom is 0.0407 e. The minimum Gasteiger partial charge on any atom is -0.768 e. The molecule has 0 aliphatic rings. The van der Waals surface area contributed by atoms with E-state index in [0.717, 1.165) is 0 Å². The molecule has 2 nitrogen and oxygen atoms in total. The highest BCUT2D eigenvalue weighted by atomic mass is 35.5. The molecule has 0 aromatic heterocycles. The Bertz CT molecular complexity index is 208. The summed E-state index contributed by atoms with van der Waals surface area (Å²) < 4.78 is 20.6. The molecule has 11 heavy (non-hydrogen) atoms. The second-order valence-corrected chi connectivity index (χ2v) is 2.84. The lowest BCUT2D eigenvalue weighted by molar-refractivity contribution is 0.544. The van der Waals surface area contributed by atoms with Crippen molar-refractivity contribution in [3.63, 3.8) is 0 Å². The van der Waals surface area contributed by atoms with Crippen LogP contribution < -0.4 is 0 Å². The summed E-state index contributed by atoms with van der Waals surface area (Å²) in [7, 11) is 0. The number of allylic oxidation sites excluding steroid dienone is 4. The summed E-state index contributed by atoms with van der Waals surface area (Å²) in [5.74, 6) is 0.367. The fraction of sp³-hybridized carbons (Fsp3) is 0.143. The Kier molecular flexibility index (Phi) is 6.12. The summed E-state index contributed by atoms with van der Waals surface area (Å²) in [6.45, 7) is 3.33. The summed E-state index contributed by atoms with van der Waals surface area (Å²) in [5.41, 5.74) is 0. The summed E-state index contributed by atoms with van der Waals surface area (Å²) in [4.78, 5) is 0.159. The van der Waals surface area contributed by atoms with Crippen molar-refractivity contribution < 1.29 is 8.76 Å². The van der Waals surface area contributed by atoms with Gasteiger partial charge < -0.3 is 4.55 Å². The van der Waals surface area contributed by atoms with Gasteiger partial charge in [-0.05, 0) is 17.2 Å². The van der Waals surface area contributed by atoms with E-state index in [-0.39, 0.29) is 4.91 Å². The normalized spacial score (nSPS) is 15.3. The Hall–Kier alpha value is -0.380. The fourth-order valence-corrected chi connectivity index (χ4v) is 0.835. The van der Waals surface area contributed by atoms with Crippen LogP contribution in [0.4, 0.5) is 0 Å². The Morgan fingerprint density at radius 3 is 2.73 bits per heavy atom. The molecule has 0 aliphatic carbocycles. The number of hydrogen-bond acceptors (Lipinski definition) is 2. The molecule has 0 saturated heterocycles. The second kappa shape index (κ2) is 6.34. The minimum absolute atomic E-state index is 0.159. The van der Waals surface area contributed by atoms with Gasteiger partial charge in [0.15, 0.2) is 0 Å².